The topological polar surface area (TPSA) is 0 Å². The molecule has 0 nitrogen and oxygen atoms in total. The molecule has 5 aromatic carbocycles. The standard InChI is InChI=1S/C32H24S8/c1-33-29-30(34-2)38-27(37-29)25-21-13-17-9-5-7-11-19(17)15-23(21)26(28-39-31(35-3)32(36-4)40-28)24-16-20-12-8-6-10-18(20)14-22(24)25/h5-16H,1-4H3. The predicted molar refractivity (Wildman–Crippen MR) is 201 cm³/mol. The van der Waals surface area contributed by atoms with E-state index in [-0.39, 0.29) is 0 Å². The molecule has 2 aliphatic rings. The van der Waals surface area contributed by atoms with Crippen molar-refractivity contribution < 1.29 is 0 Å². The molecule has 40 heavy (non-hydrogen) atoms. The largest absolute Gasteiger partial charge is 0.121 e. The second kappa shape index (κ2) is 11.7. The van der Waals surface area contributed by atoms with Crippen LogP contribution in [0, 0.1) is 0 Å². The molecule has 8 heteroatoms. The van der Waals surface area contributed by atoms with E-state index in [1.165, 1.54) is 79.0 Å². The minimum atomic E-state index is 1.29. The van der Waals surface area contributed by atoms with Crippen molar-refractivity contribution in [3.8, 4) is 0 Å². The van der Waals surface area contributed by atoms with Crippen LogP contribution in [0.25, 0.3) is 51.6 Å². The van der Waals surface area contributed by atoms with E-state index in [2.05, 4.69) is 97.8 Å². The van der Waals surface area contributed by atoms with Gasteiger partial charge in [-0.2, -0.15) is 0 Å². The number of thioether (sulfide) groups is 8. The average Bonchev–Trinajstić information content (AvgIpc) is 3.61. The summed E-state index contributed by atoms with van der Waals surface area (Å²) in [5, 5.41) is 13.4. The van der Waals surface area contributed by atoms with Crippen molar-refractivity contribution in [3.05, 3.63) is 100 Å². The second-order valence-corrected chi connectivity index (χ2v) is 18.1. The zero-order valence-electron chi connectivity index (χ0n) is 22.2. The first-order chi connectivity index (χ1) is 19.6. The highest BCUT2D eigenvalue weighted by Crippen LogP contribution is 2.58. The zero-order chi connectivity index (χ0) is 27.4. The van der Waals surface area contributed by atoms with Crippen molar-refractivity contribution in [2.24, 2.45) is 0 Å². The first-order valence-electron chi connectivity index (χ1n) is 12.5. The Labute approximate surface area is 268 Å². The highest BCUT2D eigenvalue weighted by Gasteiger charge is 2.26. The lowest BCUT2D eigenvalue weighted by atomic mass is 9.94. The van der Waals surface area contributed by atoms with Crippen LogP contribution in [0.15, 0.2) is 89.7 Å². The quantitative estimate of drug-likeness (QED) is 0.172. The van der Waals surface area contributed by atoms with Gasteiger partial charge in [0.15, 0.2) is 0 Å². The maximum atomic E-state index is 2.45. The molecule has 2 heterocycles. The van der Waals surface area contributed by atoms with E-state index in [9.17, 15) is 0 Å². The van der Waals surface area contributed by atoms with E-state index < -0.39 is 0 Å². The van der Waals surface area contributed by atoms with Gasteiger partial charge in [-0.1, -0.05) is 95.6 Å². The molecule has 0 saturated heterocycles. The van der Waals surface area contributed by atoms with Gasteiger partial charge in [0.05, 0.1) is 25.4 Å². The Morgan fingerprint density at radius 3 is 0.875 bits per heavy atom. The number of hydrogen-bond donors (Lipinski definition) is 0. The van der Waals surface area contributed by atoms with Crippen molar-refractivity contribution in [2.75, 3.05) is 25.0 Å². The van der Waals surface area contributed by atoms with Crippen molar-refractivity contribution in [2.45, 2.75) is 0 Å². The van der Waals surface area contributed by atoms with Gasteiger partial charge in [-0.25, -0.2) is 0 Å². The highest BCUT2D eigenvalue weighted by atomic mass is 32.3. The van der Waals surface area contributed by atoms with Gasteiger partial charge in [0.25, 0.3) is 0 Å². The monoisotopic (exact) mass is 664 g/mol. The lowest BCUT2D eigenvalue weighted by Crippen LogP contribution is -2.17. The summed E-state index contributed by atoms with van der Waals surface area (Å²) in [4.78, 5) is 0. The molecule has 0 N–H and O–H groups in total. The van der Waals surface area contributed by atoms with Crippen molar-refractivity contribution >= 4 is 146 Å². The second-order valence-electron chi connectivity index (χ2n) is 9.19. The van der Waals surface area contributed by atoms with Crippen LogP contribution in [0.5, 0.6) is 0 Å². The van der Waals surface area contributed by atoms with Crippen LogP contribution in [-0.4, -0.2) is 25.0 Å². The summed E-state index contributed by atoms with van der Waals surface area (Å²) in [5.74, 6) is 0. The first kappa shape index (κ1) is 28.0. The van der Waals surface area contributed by atoms with Gasteiger partial charge in [-0.3, -0.25) is 0 Å². The van der Waals surface area contributed by atoms with Crippen LogP contribution < -0.4 is 10.4 Å². The average molecular weight is 665 g/mol. The number of rotatable bonds is 4. The summed E-state index contributed by atoms with van der Waals surface area (Å²) < 4.78 is 8.43. The summed E-state index contributed by atoms with van der Waals surface area (Å²) in [6.45, 7) is 0. The fourth-order valence-corrected chi connectivity index (χ4v) is 15.5. The molecule has 0 bridgehead atoms. The molecule has 0 aliphatic carbocycles. The normalized spacial score (nSPS) is 16.2. The molecule has 5 aromatic rings. The Kier molecular flexibility index (Phi) is 8.17. The third-order valence-corrected chi connectivity index (χ3v) is 17.5. The molecule has 200 valence electrons. The predicted octanol–water partition coefficient (Wildman–Crippen LogP) is 11.1. The van der Waals surface area contributed by atoms with E-state index in [1.54, 1.807) is 0 Å². The van der Waals surface area contributed by atoms with Crippen molar-refractivity contribution in [3.63, 3.8) is 0 Å². The molecular weight excluding hydrogens is 641 g/mol. The van der Waals surface area contributed by atoms with Crippen LogP contribution in [0.2, 0.25) is 0 Å². The van der Waals surface area contributed by atoms with E-state index in [4.69, 9.17) is 0 Å². The SMILES string of the molecule is CSC1=C(SC)SC(=c2c3cc4ccccc4cc3c(=C3SC(SC)=C(SC)S3)c3cc4ccccc4cc23)S1. The molecule has 0 radical (unpaired) electrons. The lowest BCUT2D eigenvalue weighted by Gasteiger charge is -2.14. The fraction of sp³-hybridized carbons (Fsp3) is 0.125. The van der Waals surface area contributed by atoms with Crippen LogP contribution >= 0.6 is 94.1 Å². The molecule has 0 spiro atoms. The number of benzene rings is 5. The van der Waals surface area contributed by atoms with Gasteiger partial charge in [-0.05, 0) is 92.4 Å². The third-order valence-electron chi connectivity index (χ3n) is 7.07. The molecule has 0 saturated carbocycles. The molecule has 2 aliphatic heterocycles. The van der Waals surface area contributed by atoms with Crippen LogP contribution in [0.4, 0.5) is 0 Å². The zero-order valence-corrected chi connectivity index (χ0v) is 28.7. The summed E-state index contributed by atoms with van der Waals surface area (Å²) in [6, 6.07) is 27.5. The molecule has 7 rings (SSSR count). The summed E-state index contributed by atoms with van der Waals surface area (Å²) in [7, 11) is 0. The Morgan fingerprint density at radius 1 is 0.400 bits per heavy atom. The van der Waals surface area contributed by atoms with Gasteiger partial charge in [0, 0.05) is 10.4 Å². The van der Waals surface area contributed by atoms with Crippen molar-refractivity contribution in [1.82, 2.24) is 0 Å². The maximum absolute atomic E-state index is 2.45. The Balaban J connectivity index is 1.72. The van der Waals surface area contributed by atoms with Gasteiger partial charge < -0.3 is 0 Å². The van der Waals surface area contributed by atoms with Gasteiger partial charge in [0.2, 0.25) is 0 Å². The maximum Gasteiger partial charge on any atom is 0.0657 e. The highest BCUT2D eigenvalue weighted by molar-refractivity contribution is 8.46. The van der Waals surface area contributed by atoms with Crippen LogP contribution in [-0.2, 0) is 0 Å². The van der Waals surface area contributed by atoms with Gasteiger partial charge >= 0.3 is 0 Å². The van der Waals surface area contributed by atoms with Crippen molar-refractivity contribution in [1.29, 1.82) is 0 Å². The summed E-state index contributed by atoms with van der Waals surface area (Å²) in [6.07, 6.45) is 8.81. The smallest absolute Gasteiger partial charge is 0.0657 e. The van der Waals surface area contributed by atoms with Gasteiger partial charge in [-0.15, -0.1) is 47.0 Å². The van der Waals surface area contributed by atoms with Crippen LogP contribution in [0.3, 0.4) is 0 Å². The molecule has 0 aromatic heterocycles. The minimum absolute atomic E-state index is 1.29. The number of fused-ring (bicyclic) bond motifs is 4. The Hall–Kier alpha value is -0.840. The summed E-state index contributed by atoms with van der Waals surface area (Å²) in [5.41, 5.74) is 0. The molecule has 0 amide bonds. The van der Waals surface area contributed by atoms with Gasteiger partial charge in [0.1, 0.15) is 0 Å². The van der Waals surface area contributed by atoms with Crippen LogP contribution in [0.1, 0.15) is 0 Å². The number of hydrogen-bond acceptors (Lipinski definition) is 8. The molecular formula is C32H24S8. The van der Waals surface area contributed by atoms with E-state index >= 15 is 0 Å². The fourth-order valence-electron chi connectivity index (χ4n) is 5.29. The first-order valence-corrected chi connectivity index (χ1v) is 20.7. The Morgan fingerprint density at radius 2 is 0.650 bits per heavy atom. The molecule has 0 fully saturated rings. The molecule has 0 unspecified atom stereocenters. The van der Waals surface area contributed by atoms with E-state index in [0.29, 0.717) is 0 Å². The molecule has 0 atom stereocenters. The van der Waals surface area contributed by atoms with E-state index in [0.717, 1.165) is 0 Å². The lowest BCUT2D eigenvalue weighted by molar-refractivity contribution is 1.72. The van der Waals surface area contributed by atoms with E-state index in [1.807, 2.05) is 94.1 Å². The Bertz CT molecular complexity index is 1770. The minimum Gasteiger partial charge on any atom is -0.121 e. The third kappa shape index (κ3) is 4.75. The summed E-state index contributed by atoms with van der Waals surface area (Å²) >= 11 is 15.3.